The quantitative estimate of drug-likeness (QED) is 0.690. The van der Waals surface area contributed by atoms with Gasteiger partial charge in [0.15, 0.2) is 0 Å². The lowest BCUT2D eigenvalue weighted by Gasteiger charge is -2.02. The lowest BCUT2D eigenvalue weighted by atomic mass is 10.3. The summed E-state index contributed by atoms with van der Waals surface area (Å²) in [4.78, 5) is 10.1. The zero-order valence-electron chi connectivity index (χ0n) is 9.38. The smallest absolute Gasteiger partial charge is 0.120 e. The van der Waals surface area contributed by atoms with Crippen molar-refractivity contribution in [3.63, 3.8) is 0 Å². The minimum absolute atomic E-state index is 0.679. The highest BCUT2D eigenvalue weighted by Gasteiger charge is 2.02. The summed E-state index contributed by atoms with van der Waals surface area (Å²) < 4.78 is 0. The zero-order valence-corrected chi connectivity index (χ0v) is 10.9. The Morgan fingerprint density at radius 3 is 2.61 bits per heavy atom. The summed E-state index contributed by atoms with van der Waals surface area (Å²) in [6, 6.07) is 15.6. The molecule has 3 aromatic rings. The molecule has 0 aliphatic rings. The van der Waals surface area contributed by atoms with E-state index in [2.05, 4.69) is 22.1 Å². The summed E-state index contributed by atoms with van der Waals surface area (Å²) in [7, 11) is 0. The predicted molar refractivity (Wildman–Crippen MR) is 75.1 cm³/mol. The highest BCUT2D eigenvalue weighted by molar-refractivity contribution is 7.99. The van der Waals surface area contributed by atoms with Crippen molar-refractivity contribution in [2.24, 2.45) is 0 Å². The van der Waals surface area contributed by atoms with E-state index >= 15 is 0 Å². The number of aromatic nitrogens is 2. The van der Waals surface area contributed by atoms with Gasteiger partial charge in [0, 0.05) is 9.92 Å². The molecule has 0 N–H and O–H groups in total. The average Bonchev–Trinajstić information content (AvgIpc) is 2.39. The molecule has 1 aromatic heterocycles. The molecule has 1 heterocycles. The van der Waals surface area contributed by atoms with Crippen LogP contribution in [0, 0.1) is 0 Å². The third-order valence-corrected chi connectivity index (χ3v) is 3.60. The number of nitrogens with zero attached hydrogens (tertiary/aromatic N) is 2. The van der Waals surface area contributed by atoms with Crippen LogP contribution in [0.5, 0.6) is 0 Å². The molecule has 0 bridgehead atoms. The Kier molecular flexibility index (Phi) is 3.17. The van der Waals surface area contributed by atoms with Crippen molar-refractivity contribution < 1.29 is 0 Å². The second kappa shape index (κ2) is 4.96. The summed E-state index contributed by atoms with van der Waals surface area (Å²) >= 11 is 7.55. The van der Waals surface area contributed by atoms with Crippen molar-refractivity contribution in [2.75, 3.05) is 0 Å². The molecule has 0 spiro atoms. The Balaban J connectivity index is 1.98. The largest absolute Gasteiger partial charge is 0.252 e. The van der Waals surface area contributed by atoms with Crippen molar-refractivity contribution in [3.05, 3.63) is 59.8 Å². The first-order chi connectivity index (χ1) is 8.81. The SMILES string of the molecule is Clc1ccc2ncc(Sc3ccccc3)nc2c1. The van der Waals surface area contributed by atoms with Crippen molar-refractivity contribution in [1.82, 2.24) is 9.97 Å². The van der Waals surface area contributed by atoms with E-state index in [0.717, 1.165) is 21.0 Å². The first-order valence-electron chi connectivity index (χ1n) is 5.46. The van der Waals surface area contributed by atoms with Gasteiger partial charge in [0.2, 0.25) is 0 Å². The molecule has 0 unspecified atom stereocenters. The lowest BCUT2D eigenvalue weighted by molar-refractivity contribution is 1.12. The number of fused-ring (bicyclic) bond motifs is 1. The monoisotopic (exact) mass is 272 g/mol. The highest BCUT2D eigenvalue weighted by Crippen LogP contribution is 2.26. The summed E-state index contributed by atoms with van der Waals surface area (Å²) in [6.07, 6.45) is 1.79. The maximum atomic E-state index is 5.96. The standard InChI is InChI=1S/C14H9ClN2S/c15-10-6-7-12-13(8-10)17-14(9-16-12)18-11-4-2-1-3-5-11/h1-9H. The average molecular weight is 273 g/mol. The minimum Gasteiger partial charge on any atom is -0.252 e. The van der Waals surface area contributed by atoms with Gasteiger partial charge in [-0.25, -0.2) is 4.98 Å². The molecule has 88 valence electrons. The van der Waals surface area contributed by atoms with E-state index in [9.17, 15) is 0 Å². The van der Waals surface area contributed by atoms with Crippen LogP contribution in [0.15, 0.2) is 64.6 Å². The first kappa shape index (κ1) is 11.5. The van der Waals surface area contributed by atoms with E-state index in [1.54, 1.807) is 18.0 Å². The van der Waals surface area contributed by atoms with Gasteiger partial charge < -0.3 is 0 Å². The lowest BCUT2D eigenvalue weighted by Crippen LogP contribution is -1.86. The van der Waals surface area contributed by atoms with Crippen molar-refractivity contribution in [3.8, 4) is 0 Å². The van der Waals surface area contributed by atoms with Crippen LogP contribution in [0.1, 0.15) is 0 Å². The van der Waals surface area contributed by atoms with Gasteiger partial charge in [-0.1, -0.05) is 41.6 Å². The van der Waals surface area contributed by atoms with E-state index in [0.29, 0.717) is 5.02 Å². The predicted octanol–water partition coefficient (Wildman–Crippen LogP) is 4.43. The van der Waals surface area contributed by atoms with Gasteiger partial charge in [-0.2, -0.15) is 0 Å². The molecule has 0 aliphatic carbocycles. The van der Waals surface area contributed by atoms with Gasteiger partial charge in [-0.05, 0) is 30.3 Å². The molecule has 0 saturated heterocycles. The summed E-state index contributed by atoms with van der Waals surface area (Å²) in [5.41, 5.74) is 1.68. The number of hydrogen-bond donors (Lipinski definition) is 0. The molecule has 18 heavy (non-hydrogen) atoms. The van der Waals surface area contributed by atoms with E-state index in [1.807, 2.05) is 36.4 Å². The van der Waals surface area contributed by atoms with Crippen molar-refractivity contribution >= 4 is 34.4 Å². The minimum atomic E-state index is 0.679. The molecule has 2 aromatic carbocycles. The highest BCUT2D eigenvalue weighted by atomic mass is 35.5. The number of rotatable bonds is 2. The van der Waals surface area contributed by atoms with Gasteiger partial charge >= 0.3 is 0 Å². The van der Waals surface area contributed by atoms with Crippen LogP contribution in [0.4, 0.5) is 0 Å². The summed E-state index contributed by atoms with van der Waals surface area (Å²) in [6.45, 7) is 0. The van der Waals surface area contributed by atoms with Crippen LogP contribution >= 0.6 is 23.4 Å². The third-order valence-electron chi connectivity index (χ3n) is 2.45. The Labute approximate surface area is 114 Å². The number of halogens is 1. The maximum Gasteiger partial charge on any atom is 0.120 e. The molecule has 4 heteroatoms. The van der Waals surface area contributed by atoms with Crippen LogP contribution in [0.3, 0.4) is 0 Å². The van der Waals surface area contributed by atoms with Crippen LogP contribution < -0.4 is 0 Å². The molecule has 0 amide bonds. The molecule has 0 atom stereocenters. The second-order valence-electron chi connectivity index (χ2n) is 3.76. The van der Waals surface area contributed by atoms with Crippen molar-refractivity contribution in [2.45, 2.75) is 9.92 Å². The topological polar surface area (TPSA) is 25.8 Å². The van der Waals surface area contributed by atoms with Crippen LogP contribution in [-0.4, -0.2) is 9.97 Å². The van der Waals surface area contributed by atoms with Gasteiger partial charge in [-0.15, -0.1) is 0 Å². The van der Waals surface area contributed by atoms with E-state index < -0.39 is 0 Å². The molecule has 2 nitrogen and oxygen atoms in total. The Hall–Kier alpha value is -1.58. The maximum absolute atomic E-state index is 5.96. The Bertz CT molecular complexity index is 686. The number of benzene rings is 2. The normalized spacial score (nSPS) is 10.7. The molecule has 0 fully saturated rings. The van der Waals surface area contributed by atoms with Crippen molar-refractivity contribution in [1.29, 1.82) is 0 Å². The first-order valence-corrected chi connectivity index (χ1v) is 6.66. The molecular weight excluding hydrogens is 264 g/mol. The fourth-order valence-corrected chi connectivity index (χ4v) is 2.58. The Morgan fingerprint density at radius 1 is 0.944 bits per heavy atom. The number of hydrogen-bond acceptors (Lipinski definition) is 3. The van der Waals surface area contributed by atoms with E-state index in [4.69, 9.17) is 11.6 Å². The molecule has 0 aliphatic heterocycles. The van der Waals surface area contributed by atoms with Crippen LogP contribution in [-0.2, 0) is 0 Å². The van der Waals surface area contributed by atoms with Crippen LogP contribution in [0.25, 0.3) is 11.0 Å². The molecule has 0 saturated carbocycles. The summed E-state index contributed by atoms with van der Waals surface area (Å²) in [5.74, 6) is 0. The zero-order chi connectivity index (χ0) is 12.4. The van der Waals surface area contributed by atoms with E-state index in [-0.39, 0.29) is 0 Å². The molecular formula is C14H9ClN2S. The van der Waals surface area contributed by atoms with Gasteiger partial charge in [0.05, 0.1) is 17.2 Å². The fourth-order valence-electron chi connectivity index (χ4n) is 1.63. The summed E-state index contributed by atoms with van der Waals surface area (Å²) in [5, 5.41) is 1.55. The van der Waals surface area contributed by atoms with Gasteiger partial charge in [0.1, 0.15) is 5.03 Å². The van der Waals surface area contributed by atoms with E-state index in [1.165, 1.54) is 0 Å². The second-order valence-corrected chi connectivity index (χ2v) is 5.29. The third kappa shape index (κ3) is 2.47. The Morgan fingerprint density at radius 2 is 1.78 bits per heavy atom. The molecule has 3 rings (SSSR count). The molecule has 0 radical (unpaired) electrons. The van der Waals surface area contributed by atoms with Crippen LogP contribution in [0.2, 0.25) is 5.02 Å². The van der Waals surface area contributed by atoms with Gasteiger partial charge in [0.25, 0.3) is 0 Å². The fraction of sp³-hybridized carbons (Fsp3) is 0. The van der Waals surface area contributed by atoms with Gasteiger partial charge in [-0.3, -0.25) is 4.98 Å².